The van der Waals surface area contributed by atoms with E-state index in [9.17, 15) is 9.90 Å². The van der Waals surface area contributed by atoms with Gasteiger partial charge in [0.15, 0.2) is 0 Å². The van der Waals surface area contributed by atoms with E-state index in [-0.39, 0.29) is 17.2 Å². The molecular formula is C16H17NO2. The van der Waals surface area contributed by atoms with Gasteiger partial charge in [-0.25, -0.2) is 0 Å². The van der Waals surface area contributed by atoms with Crippen molar-refractivity contribution >= 4 is 11.6 Å². The monoisotopic (exact) mass is 255 g/mol. The lowest BCUT2D eigenvalue weighted by Crippen LogP contribution is -2.12. The maximum atomic E-state index is 12.1. The molecule has 2 rings (SSSR count). The zero-order chi connectivity index (χ0) is 13.8. The van der Waals surface area contributed by atoms with Gasteiger partial charge in [-0.05, 0) is 48.7 Å². The Labute approximate surface area is 112 Å². The summed E-state index contributed by atoms with van der Waals surface area (Å²) in [4.78, 5) is 12.1. The molecule has 0 unspecified atom stereocenters. The van der Waals surface area contributed by atoms with Crippen LogP contribution < -0.4 is 5.32 Å². The minimum Gasteiger partial charge on any atom is -0.507 e. The second-order valence-corrected chi connectivity index (χ2v) is 4.53. The van der Waals surface area contributed by atoms with Crippen molar-refractivity contribution in [3.8, 4) is 5.75 Å². The Kier molecular flexibility index (Phi) is 3.85. The van der Waals surface area contributed by atoms with Gasteiger partial charge in [-0.15, -0.1) is 0 Å². The van der Waals surface area contributed by atoms with Crippen molar-refractivity contribution in [3.05, 3.63) is 59.2 Å². The Morgan fingerprint density at radius 2 is 2.00 bits per heavy atom. The number of anilines is 1. The number of carbonyl (C=O) groups excluding carboxylic acids is 1. The molecule has 3 nitrogen and oxygen atoms in total. The number of hydrogen-bond donors (Lipinski definition) is 2. The maximum absolute atomic E-state index is 12.1. The zero-order valence-electron chi connectivity index (χ0n) is 11.1. The summed E-state index contributed by atoms with van der Waals surface area (Å²) >= 11 is 0. The van der Waals surface area contributed by atoms with Crippen molar-refractivity contribution < 1.29 is 9.90 Å². The van der Waals surface area contributed by atoms with Gasteiger partial charge < -0.3 is 10.4 Å². The maximum Gasteiger partial charge on any atom is 0.259 e. The first-order valence-corrected chi connectivity index (χ1v) is 6.30. The summed E-state index contributed by atoms with van der Waals surface area (Å²) in [6.45, 7) is 3.93. The molecule has 0 spiro atoms. The lowest BCUT2D eigenvalue weighted by Gasteiger charge is -2.08. The molecule has 0 aliphatic heterocycles. The third-order valence-corrected chi connectivity index (χ3v) is 2.99. The minimum absolute atomic E-state index is 0.00384. The molecule has 3 heteroatoms. The summed E-state index contributed by atoms with van der Waals surface area (Å²) in [5, 5.41) is 12.6. The molecule has 0 aromatic heterocycles. The van der Waals surface area contributed by atoms with Crippen LogP contribution in [0.15, 0.2) is 42.5 Å². The fraction of sp³-hybridized carbons (Fsp3) is 0.188. The second-order valence-electron chi connectivity index (χ2n) is 4.53. The number of amides is 1. The Morgan fingerprint density at radius 1 is 1.21 bits per heavy atom. The first kappa shape index (κ1) is 13.1. The Morgan fingerprint density at radius 3 is 2.68 bits per heavy atom. The van der Waals surface area contributed by atoms with Crippen LogP contribution in [0.1, 0.15) is 28.4 Å². The Hall–Kier alpha value is -2.29. The van der Waals surface area contributed by atoms with Crippen molar-refractivity contribution in [2.24, 2.45) is 0 Å². The van der Waals surface area contributed by atoms with Crippen LogP contribution in [-0.2, 0) is 6.42 Å². The van der Waals surface area contributed by atoms with E-state index in [0.717, 1.165) is 23.2 Å². The molecule has 0 aliphatic rings. The summed E-state index contributed by atoms with van der Waals surface area (Å²) in [6, 6.07) is 12.7. The molecule has 0 heterocycles. The molecule has 98 valence electrons. The van der Waals surface area contributed by atoms with E-state index in [1.165, 1.54) is 0 Å². The van der Waals surface area contributed by atoms with Gasteiger partial charge in [-0.2, -0.15) is 0 Å². The van der Waals surface area contributed by atoms with Crippen molar-refractivity contribution in [1.29, 1.82) is 0 Å². The summed E-state index contributed by atoms with van der Waals surface area (Å²) in [7, 11) is 0. The van der Waals surface area contributed by atoms with Crippen LogP contribution in [0.4, 0.5) is 5.69 Å². The number of carbonyl (C=O) groups is 1. The van der Waals surface area contributed by atoms with Crippen LogP contribution in [0.3, 0.4) is 0 Å². The van der Waals surface area contributed by atoms with Crippen LogP contribution in [0.5, 0.6) is 5.75 Å². The largest absolute Gasteiger partial charge is 0.507 e. The molecule has 0 radical (unpaired) electrons. The van der Waals surface area contributed by atoms with Gasteiger partial charge in [-0.1, -0.05) is 25.1 Å². The highest BCUT2D eigenvalue weighted by atomic mass is 16.3. The molecule has 0 saturated carbocycles. The number of aromatic hydroxyl groups is 1. The highest BCUT2D eigenvalue weighted by Crippen LogP contribution is 2.20. The fourth-order valence-corrected chi connectivity index (χ4v) is 1.90. The summed E-state index contributed by atoms with van der Waals surface area (Å²) in [5.74, 6) is -0.296. The number of hydrogen-bond acceptors (Lipinski definition) is 2. The number of phenols is 1. The van der Waals surface area contributed by atoms with Gasteiger partial charge in [0.2, 0.25) is 0 Å². The highest BCUT2D eigenvalue weighted by molar-refractivity contribution is 6.06. The Bertz CT molecular complexity index is 605. The highest BCUT2D eigenvalue weighted by Gasteiger charge is 2.11. The lowest BCUT2D eigenvalue weighted by molar-refractivity contribution is 0.102. The molecule has 1 amide bonds. The normalized spacial score (nSPS) is 10.2. The lowest BCUT2D eigenvalue weighted by atomic mass is 10.1. The van der Waals surface area contributed by atoms with E-state index in [1.807, 2.05) is 31.2 Å². The molecule has 0 atom stereocenters. The van der Waals surface area contributed by atoms with Crippen molar-refractivity contribution in [2.75, 3.05) is 5.32 Å². The molecule has 19 heavy (non-hydrogen) atoms. The molecule has 2 aromatic rings. The molecule has 2 aromatic carbocycles. The number of benzene rings is 2. The molecular weight excluding hydrogens is 238 g/mol. The Balaban J connectivity index is 2.20. The van der Waals surface area contributed by atoms with E-state index in [0.29, 0.717) is 0 Å². The van der Waals surface area contributed by atoms with E-state index in [4.69, 9.17) is 0 Å². The molecule has 0 saturated heterocycles. The van der Waals surface area contributed by atoms with Gasteiger partial charge in [0, 0.05) is 5.69 Å². The standard InChI is InChI=1S/C16H17NO2/c1-3-12-5-4-6-13(10-12)17-16(19)14-8-7-11(2)9-15(14)18/h4-10,18H,3H2,1-2H3,(H,17,19). The molecule has 0 fully saturated rings. The molecule has 0 bridgehead atoms. The average molecular weight is 255 g/mol. The van der Waals surface area contributed by atoms with Gasteiger partial charge in [-0.3, -0.25) is 4.79 Å². The smallest absolute Gasteiger partial charge is 0.259 e. The second kappa shape index (κ2) is 5.57. The first-order chi connectivity index (χ1) is 9.10. The van der Waals surface area contributed by atoms with Crippen LogP contribution in [-0.4, -0.2) is 11.0 Å². The van der Waals surface area contributed by atoms with Crippen LogP contribution >= 0.6 is 0 Å². The first-order valence-electron chi connectivity index (χ1n) is 6.30. The topological polar surface area (TPSA) is 49.3 Å². The van der Waals surface area contributed by atoms with Gasteiger partial charge in [0.05, 0.1) is 5.56 Å². The minimum atomic E-state index is -0.300. The van der Waals surface area contributed by atoms with E-state index in [2.05, 4.69) is 12.2 Å². The molecule has 2 N–H and O–H groups in total. The van der Waals surface area contributed by atoms with Crippen LogP contribution in [0.25, 0.3) is 0 Å². The number of rotatable bonds is 3. The van der Waals surface area contributed by atoms with Gasteiger partial charge in [0.25, 0.3) is 5.91 Å². The third-order valence-electron chi connectivity index (χ3n) is 2.99. The predicted molar refractivity (Wildman–Crippen MR) is 76.6 cm³/mol. The number of aryl methyl sites for hydroxylation is 2. The summed E-state index contributed by atoms with van der Waals surface area (Å²) in [6.07, 6.45) is 0.916. The summed E-state index contributed by atoms with van der Waals surface area (Å²) < 4.78 is 0. The van der Waals surface area contributed by atoms with E-state index < -0.39 is 0 Å². The van der Waals surface area contributed by atoms with Gasteiger partial charge in [0.1, 0.15) is 5.75 Å². The van der Waals surface area contributed by atoms with E-state index in [1.54, 1.807) is 18.2 Å². The van der Waals surface area contributed by atoms with Crippen molar-refractivity contribution in [2.45, 2.75) is 20.3 Å². The average Bonchev–Trinajstić information content (AvgIpc) is 2.38. The predicted octanol–water partition coefficient (Wildman–Crippen LogP) is 3.52. The molecule has 0 aliphatic carbocycles. The number of nitrogens with one attached hydrogen (secondary N) is 1. The summed E-state index contributed by atoms with van der Waals surface area (Å²) in [5.41, 5.74) is 3.10. The third kappa shape index (κ3) is 3.13. The van der Waals surface area contributed by atoms with Crippen molar-refractivity contribution in [1.82, 2.24) is 0 Å². The van der Waals surface area contributed by atoms with Crippen LogP contribution in [0, 0.1) is 6.92 Å². The number of phenolic OH excluding ortho intramolecular Hbond substituents is 1. The van der Waals surface area contributed by atoms with E-state index >= 15 is 0 Å². The SMILES string of the molecule is CCc1cccc(NC(=O)c2ccc(C)cc2O)c1. The van der Waals surface area contributed by atoms with Crippen LogP contribution in [0.2, 0.25) is 0 Å². The van der Waals surface area contributed by atoms with Crippen molar-refractivity contribution in [3.63, 3.8) is 0 Å². The zero-order valence-corrected chi connectivity index (χ0v) is 11.1. The fourth-order valence-electron chi connectivity index (χ4n) is 1.90. The quantitative estimate of drug-likeness (QED) is 0.881. The van der Waals surface area contributed by atoms with Gasteiger partial charge >= 0.3 is 0 Å².